The van der Waals surface area contributed by atoms with Crippen LogP contribution in [0.5, 0.6) is 5.75 Å². The van der Waals surface area contributed by atoms with Crippen molar-refractivity contribution < 1.29 is 9.53 Å². The van der Waals surface area contributed by atoms with Crippen molar-refractivity contribution in [3.8, 4) is 11.9 Å². The molecule has 0 bridgehead atoms. The molecule has 0 atom stereocenters. The highest BCUT2D eigenvalue weighted by Crippen LogP contribution is 2.29. The van der Waals surface area contributed by atoms with E-state index in [0.717, 1.165) is 0 Å². The monoisotopic (exact) mass is 277 g/mol. The third kappa shape index (κ3) is 4.30. The Morgan fingerprint density at radius 2 is 2.32 bits per heavy atom. The van der Waals surface area contributed by atoms with Crippen molar-refractivity contribution in [3.63, 3.8) is 0 Å². The fraction of sp³-hybridized carbons (Fsp3) is 0.308. The molecule has 1 aromatic carbocycles. The van der Waals surface area contributed by atoms with Crippen LogP contribution in [0.4, 0.5) is 5.69 Å². The molecule has 0 unspecified atom stereocenters. The van der Waals surface area contributed by atoms with Crippen molar-refractivity contribution in [1.29, 1.82) is 5.26 Å². The van der Waals surface area contributed by atoms with Crippen LogP contribution >= 0.6 is 11.8 Å². The van der Waals surface area contributed by atoms with E-state index < -0.39 is 0 Å². The van der Waals surface area contributed by atoms with Crippen molar-refractivity contribution in [3.05, 3.63) is 23.8 Å². The summed E-state index contributed by atoms with van der Waals surface area (Å²) < 4.78 is 5.46. The molecule has 1 aromatic rings. The fourth-order valence-corrected chi connectivity index (χ4v) is 1.72. The normalized spacial score (nSPS) is 10.7. The average Bonchev–Trinajstić information content (AvgIpc) is 2.40. The van der Waals surface area contributed by atoms with Gasteiger partial charge in [-0.3, -0.25) is 10.1 Å². The van der Waals surface area contributed by atoms with Gasteiger partial charge in [-0.15, -0.1) is 0 Å². The molecule has 1 N–H and O–H groups in total. The van der Waals surface area contributed by atoms with Crippen LogP contribution in [0.15, 0.2) is 23.2 Å². The van der Waals surface area contributed by atoms with Gasteiger partial charge in [0.2, 0.25) is 0 Å². The molecule has 100 valence electrons. The Kier molecular flexibility index (Phi) is 5.90. The van der Waals surface area contributed by atoms with E-state index in [9.17, 15) is 4.79 Å². The Balaban J connectivity index is 3.24. The minimum Gasteiger partial charge on any atom is -0.492 e. The number of carbonyl (C=O) groups excluding carboxylic acids is 1. The summed E-state index contributed by atoms with van der Waals surface area (Å²) in [5.41, 5.74) is 1.08. The molecule has 5 nitrogen and oxygen atoms in total. The molecular weight excluding hydrogens is 262 g/mol. The first-order valence-corrected chi connectivity index (χ1v) is 6.90. The Morgan fingerprint density at radius 1 is 1.58 bits per heavy atom. The molecule has 0 fully saturated rings. The summed E-state index contributed by atoms with van der Waals surface area (Å²) in [7, 11) is 0. The fourth-order valence-electron chi connectivity index (χ4n) is 1.38. The highest BCUT2D eigenvalue weighted by Gasteiger charge is 2.08. The van der Waals surface area contributed by atoms with Gasteiger partial charge in [-0.2, -0.15) is 5.26 Å². The number of thioether (sulfide) groups is 1. The number of Topliss-reactive ketones (excluding diaryl/α,β-unsaturated/α-hetero) is 1. The summed E-state index contributed by atoms with van der Waals surface area (Å²) in [5, 5.41) is 11.5. The predicted molar refractivity (Wildman–Crippen MR) is 77.0 cm³/mol. The number of ketones is 1. The quantitative estimate of drug-likeness (QED) is 0.301. The first-order valence-electron chi connectivity index (χ1n) is 5.68. The molecule has 0 amide bonds. The Labute approximate surface area is 116 Å². The van der Waals surface area contributed by atoms with E-state index in [-0.39, 0.29) is 5.78 Å². The van der Waals surface area contributed by atoms with Gasteiger partial charge in [0.05, 0.1) is 6.61 Å². The number of carbonyl (C=O) groups is 1. The molecule has 19 heavy (non-hydrogen) atoms. The van der Waals surface area contributed by atoms with Crippen molar-refractivity contribution in [2.24, 2.45) is 4.99 Å². The highest BCUT2D eigenvalue weighted by molar-refractivity contribution is 8.13. The van der Waals surface area contributed by atoms with E-state index in [2.05, 4.69) is 10.3 Å². The summed E-state index contributed by atoms with van der Waals surface area (Å²) >= 11 is 1.31. The molecule has 1 rings (SSSR count). The first kappa shape index (κ1) is 15.1. The maximum atomic E-state index is 11.4. The lowest BCUT2D eigenvalue weighted by Gasteiger charge is -2.09. The number of nitrogens with zero attached hydrogens (tertiary/aromatic N) is 2. The van der Waals surface area contributed by atoms with Crippen LogP contribution in [0.2, 0.25) is 0 Å². The van der Waals surface area contributed by atoms with Gasteiger partial charge in [0, 0.05) is 5.56 Å². The minimum absolute atomic E-state index is 0.0431. The molecule has 0 spiro atoms. The maximum Gasteiger partial charge on any atom is 0.183 e. The van der Waals surface area contributed by atoms with Gasteiger partial charge in [-0.25, -0.2) is 4.99 Å². The van der Waals surface area contributed by atoms with Crippen molar-refractivity contribution >= 4 is 28.4 Å². The van der Waals surface area contributed by atoms with Gasteiger partial charge in [-0.1, -0.05) is 11.8 Å². The summed E-state index contributed by atoms with van der Waals surface area (Å²) in [6, 6.07) is 5.06. The van der Waals surface area contributed by atoms with Crippen LogP contribution in [-0.2, 0) is 0 Å². The summed E-state index contributed by atoms with van der Waals surface area (Å²) in [6.07, 6.45) is 3.62. The molecule has 0 heterocycles. The molecule has 0 aromatic heterocycles. The van der Waals surface area contributed by atoms with E-state index in [0.29, 0.717) is 28.8 Å². The number of ether oxygens (including phenoxy) is 1. The molecule has 0 aliphatic rings. The first-order chi connectivity index (χ1) is 9.12. The van der Waals surface area contributed by atoms with E-state index >= 15 is 0 Å². The summed E-state index contributed by atoms with van der Waals surface area (Å²) in [6.45, 7) is 3.86. The number of rotatable bonds is 4. The number of amidine groups is 1. The molecule has 0 saturated heterocycles. The molecule has 0 radical (unpaired) electrons. The van der Waals surface area contributed by atoms with Crippen LogP contribution in [0.25, 0.3) is 0 Å². The van der Waals surface area contributed by atoms with Crippen molar-refractivity contribution in [2.75, 3.05) is 12.9 Å². The van der Waals surface area contributed by atoms with Gasteiger partial charge >= 0.3 is 0 Å². The molecular formula is C13H15N3O2S. The lowest BCUT2D eigenvalue weighted by Crippen LogP contribution is -2.12. The number of benzene rings is 1. The van der Waals surface area contributed by atoms with E-state index in [1.807, 2.05) is 13.1 Å². The number of hydrogen-bond acceptors (Lipinski definition) is 5. The minimum atomic E-state index is -0.0431. The third-order valence-corrected chi connectivity index (χ3v) is 2.82. The van der Waals surface area contributed by atoms with Crippen LogP contribution in [0.3, 0.4) is 0 Å². The van der Waals surface area contributed by atoms with Gasteiger partial charge in [0.1, 0.15) is 11.4 Å². The van der Waals surface area contributed by atoms with Crippen LogP contribution in [0, 0.1) is 11.5 Å². The number of nitriles is 1. The van der Waals surface area contributed by atoms with Gasteiger partial charge in [-0.05, 0) is 38.3 Å². The third-order valence-electron chi connectivity index (χ3n) is 2.24. The Morgan fingerprint density at radius 3 is 2.84 bits per heavy atom. The number of nitrogens with one attached hydrogen (secondary N) is 1. The van der Waals surface area contributed by atoms with Gasteiger partial charge in [0.15, 0.2) is 17.1 Å². The standard InChI is InChI=1S/C13H15N3O2S/c1-4-18-12-6-5-10(9(2)17)7-11(12)16-13(19-3)15-8-14/h5-7H,4H2,1-3H3,(H,15,16). The summed E-state index contributed by atoms with van der Waals surface area (Å²) in [4.78, 5) is 15.7. The largest absolute Gasteiger partial charge is 0.492 e. The Hall–Kier alpha value is -2.00. The lowest BCUT2D eigenvalue weighted by atomic mass is 10.1. The Bertz CT molecular complexity index is 535. The molecule has 0 aliphatic carbocycles. The second-order valence-electron chi connectivity index (χ2n) is 3.53. The average molecular weight is 277 g/mol. The van der Waals surface area contributed by atoms with E-state index in [1.54, 1.807) is 24.5 Å². The zero-order valence-electron chi connectivity index (χ0n) is 11.1. The SMILES string of the molecule is CCOc1ccc(C(C)=O)cc1N=C(NC#N)SC. The zero-order valence-corrected chi connectivity index (χ0v) is 11.9. The van der Waals surface area contributed by atoms with E-state index in [4.69, 9.17) is 10.00 Å². The highest BCUT2D eigenvalue weighted by atomic mass is 32.2. The van der Waals surface area contributed by atoms with Crippen LogP contribution in [0.1, 0.15) is 24.2 Å². The van der Waals surface area contributed by atoms with Gasteiger partial charge < -0.3 is 4.74 Å². The lowest BCUT2D eigenvalue weighted by molar-refractivity contribution is 0.101. The number of hydrogen-bond donors (Lipinski definition) is 1. The molecule has 6 heteroatoms. The van der Waals surface area contributed by atoms with Crippen LogP contribution < -0.4 is 10.1 Å². The van der Waals surface area contributed by atoms with E-state index in [1.165, 1.54) is 18.7 Å². The maximum absolute atomic E-state index is 11.4. The van der Waals surface area contributed by atoms with Gasteiger partial charge in [0.25, 0.3) is 0 Å². The molecule has 0 aliphatic heterocycles. The predicted octanol–water partition coefficient (Wildman–Crippen LogP) is 2.71. The second-order valence-corrected chi connectivity index (χ2v) is 4.32. The second kappa shape index (κ2) is 7.44. The van der Waals surface area contributed by atoms with Crippen molar-refractivity contribution in [2.45, 2.75) is 13.8 Å². The molecule has 0 saturated carbocycles. The van der Waals surface area contributed by atoms with Crippen molar-refractivity contribution in [1.82, 2.24) is 5.32 Å². The van der Waals surface area contributed by atoms with Crippen LogP contribution in [-0.4, -0.2) is 23.8 Å². The zero-order chi connectivity index (χ0) is 14.3. The number of aliphatic imine (C=N–C) groups is 1. The smallest absolute Gasteiger partial charge is 0.183 e. The summed E-state index contributed by atoms with van der Waals surface area (Å²) in [5.74, 6) is 0.539. The topological polar surface area (TPSA) is 74.5 Å².